The average Bonchev–Trinajstić information content (AvgIpc) is 2.47. The van der Waals surface area contributed by atoms with Crippen molar-refractivity contribution in [2.45, 2.75) is 46.1 Å². The van der Waals surface area contributed by atoms with Crippen molar-refractivity contribution < 1.29 is 9.59 Å². The van der Waals surface area contributed by atoms with E-state index in [-0.39, 0.29) is 23.3 Å². The Labute approximate surface area is 132 Å². The normalized spacial score (nSPS) is 16.4. The third-order valence-electron chi connectivity index (χ3n) is 3.90. The molecule has 0 atom stereocenters. The summed E-state index contributed by atoms with van der Waals surface area (Å²) in [7, 11) is 0. The van der Waals surface area contributed by atoms with Crippen LogP contribution in [0.15, 0.2) is 30.3 Å². The van der Waals surface area contributed by atoms with Gasteiger partial charge in [-0.25, -0.2) is 0 Å². The van der Waals surface area contributed by atoms with Crippen molar-refractivity contribution in [1.29, 1.82) is 0 Å². The monoisotopic (exact) mass is 302 g/mol. The lowest BCUT2D eigenvalue weighted by molar-refractivity contribution is -0.134. The van der Waals surface area contributed by atoms with Gasteiger partial charge >= 0.3 is 0 Å². The number of likely N-dealkylation sites (tertiary alicyclic amines) is 1. The molecule has 2 amide bonds. The number of hydrogen-bond acceptors (Lipinski definition) is 2. The Hall–Kier alpha value is -1.84. The summed E-state index contributed by atoms with van der Waals surface area (Å²) in [6.07, 6.45) is 2.23. The highest BCUT2D eigenvalue weighted by Gasteiger charge is 2.26. The Kier molecular flexibility index (Phi) is 5.22. The summed E-state index contributed by atoms with van der Waals surface area (Å²) >= 11 is 0. The first kappa shape index (κ1) is 16.5. The van der Waals surface area contributed by atoms with Gasteiger partial charge in [0.25, 0.3) is 5.91 Å². The van der Waals surface area contributed by atoms with Gasteiger partial charge in [0.05, 0.1) is 0 Å². The molecular weight excluding hydrogens is 276 g/mol. The number of hydrogen-bond donors (Lipinski definition) is 1. The largest absolute Gasteiger partial charge is 0.349 e. The first-order valence-corrected chi connectivity index (χ1v) is 7.99. The van der Waals surface area contributed by atoms with Crippen molar-refractivity contribution in [2.24, 2.45) is 5.41 Å². The molecular formula is C18H26N2O2. The fourth-order valence-corrected chi connectivity index (χ4v) is 2.70. The van der Waals surface area contributed by atoms with E-state index in [1.807, 2.05) is 35.2 Å². The fraction of sp³-hybridized carbons (Fsp3) is 0.556. The molecule has 1 heterocycles. The SMILES string of the molecule is CC(C)(C)CC(=O)N1CCC(NC(=O)c2ccccc2)CC1. The van der Waals surface area contributed by atoms with Gasteiger partial charge in [-0.3, -0.25) is 9.59 Å². The number of rotatable bonds is 3. The van der Waals surface area contributed by atoms with Gasteiger partial charge in [-0.15, -0.1) is 0 Å². The quantitative estimate of drug-likeness (QED) is 0.933. The van der Waals surface area contributed by atoms with E-state index in [2.05, 4.69) is 26.1 Å². The topological polar surface area (TPSA) is 49.4 Å². The lowest BCUT2D eigenvalue weighted by Gasteiger charge is -2.34. The van der Waals surface area contributed by atoms with Crippen LogP contribution >= 0.6 is 0 Å². The summed E-state index contributed by atoms with van der Waals surface area (Å²) in [6, 6.07) is 9.42. The van der Waals surface area contributed by atoms with E-state index >= 15 is 0 Å². The van der Waals surface area contributed by atoms with Crippen molar-refractivity contribution in [2.75, 3.05) is 13.1 Å². The Balaban J connectivity index is 1.80. The minimum atomic E-state index is -0.0277. The summed E-state index contributed by atoms with van der Waals surface area (Å²) in [5.74, 6) is 0.195. The lowest BCUT2D eigenvalue weighted by Crippen LogP contribution is -2.47. The Bertz CT molecular complexity index is 512. The van der Waals surface area contributed by atoms with Crippen molar-refractivity contribution in [3.8, 4) is 0 Å². The van der Waals surface area contributed by atoms with E-state index in [1.54, 1.807) is 0 Å². The van der Waals surface area contributed by atoms with Crippen molar-refractivity contribution in [1.82, 2.24) is 10.2 Å². The van der Waals surface area contributed by atoms with Crippen LogP contribution in [0.3, 0.4) is 0 Å². The van der Waals surface area contributed by atoms with E-state index in [9.17, 15) is 9.59 Å². The van der Waals surface area contributed by atoms with Gasteiger partial charge in [-0.1, -0.05) is 39.0 Å². The fourth-order valence-electron chi connectivity index (χ4n) is 2.70. The van der Waals surface area contributed by atoms with Crippen LogP contribution in [-0.4, -0.2) is 35.8 Å². The van der Waals surface area contributed by atoms with Crippen LogP contribution in [0.1, 0.15) is 50.4 Å². The molecule has 4 nitrogen and oxygen atoms in total. The maximum Gasteiger partial charge on any atom is 0.251 e. The number of piperidine rings is 1. The van der Waals surface area contributed by atoms with Gasteiger partial charge < -0.3 is 10.2 Å². The van der Waals surface area contributed by atoms with E-state index in [0.717, 1.165) is 25.9 Å². The minimum Gasteiger partial charge on any atom is -0.349 e. The molecule has 0 unspecified atom stereocenters. The summed E-state index contributed by atoms with van der Waals surface area (Å²) in [5.41, 5.74) is 0.712. The zero-order valence-electron chi connectivity index (χ0n) is 13.8. The summed E-state index contributed by atoms with van der Waals surface area (Å²) in [5, 5.41) is 3.07. The van der Waals surface area contributed by atoms with Gasteiger partial charge in [0.2, 0.25) is 5.91 Å². The van der Waals surface area contributed by atoms with Crippen molar-refractivity contribution in [3.63, 3.8) is 0 Å². The summed E-state index contributed by atoms with van der Waals surface area (Å²) in [6.45, 7) is 7.70. The first-order chi connectivity index (χ1) is 10.3. The van der Waals surface area contributed by atoms with E-state index in [4.69, 9.17) is 0 Å². The molecule has 22 heavy (non-hydrogen) atoms. The van der Waals surface area contributed by atoms with E-state index in [0.29, 0.717) is 12.0 Å². The van der Waals surface area contributed by atoms with Crippen LogP contribution in [0.4, 0.5) is 0 Å². The zero-order valence-corrected chi connectivity index (χ0v) is 13.8. The summed E-state index contributed by atoms with van der Waals surface area (Å²) < 4.78 is 0. The highest BCUT2D eigenvalue weighted by molar-refractivity contribution is 5.94. The zero-order chi connectivity index (χ0) is 16.2. The van der Waals surface area contributed by atoms with Crippen LogP contribution in [-0.2, 0) is 4.79 Å². The second kappa shape index (κ2) is 6.95. The van der Waals surface area contributed by atoms with Gasteiger partial charge in [0, 0.05) is 31.1 Å². The van der Waals surface area contributed by atoms with Crippen molar-refractivity contribution in [3.05, 3.63) is 35.9 Å². The highest BCUT2D eigenvalue weighted by Crippen LogP contribution is 2.21. The molecule has 0 radical (unpaired) electrons. The smallest absolute Gasteiger partial charge is 0.251 e. The maximum absolute atomic E-state index is 12.2. The summed E-state index contributed by atoms with van der Waals surface area (Å²) in [4.78, 5) is 26.3. The molecule has 1 saturated heterocycles. The molecule has 0 aliphatic carbocycles. The second-order valence-electron chi connectivity index (χ2n) is 7.23. The number of nitrogens with zero attached hydrogens (tertiary/aromatic N) is 1. The molecule has 1 aliphatic rings. The molecule has 4 heteroatoms. The molecule has 120 valence electrons. The molecule has 0 bridgehead atoms. The van der Waals surface area contributed by atoms with Crippen LogP contribution < -0.4 is 5.32 Å². The predicted molar refractivity (Wildman–Crippen MR) is 87.6 cm³/mol. The number of carbonyl (C=O) groups excluding carboxylic acids is 2. The maximum atomic E-state index is 12.2. The number of carbonyl (C=O) groups is 2. The molecule has 2 rings (SSSR count). The Morgan fingerprint density at radius 3 is 2.27 bits per heavy atom. The van der Waals surface area contributed by atoms with Gasteiger partial charge in [-0.05, 0) is 30.4 Å². The van der Waals surface area contributed by atoms with Gasteiger partial charge in [0.15, 0.2) is 0 Å². The molecule has 1 N–H and O–H groups in total. The van der Waals surface area contributed by atoms with E-state index in [1.165, 1.54) is 0 Å². The number of benzene rings is 1. The number of nitrogens with one attached hydrogen (secondary N) is 1. The number of amides is 2. The molecule has 1 fully saturated rings. The Morgan fingerprint density at radius 1 is 1.14 bits per heavy atom. The van der Waals surface area contributed by atoms with Gasteiger partial charge in [-0.2, -0.15) is 0 Å². The average molecular weight is 302 g/mol. The van der Waals surface area contributed by atoms with Crippen LogP contribution in [0.25, 0.3) is 0 Å². The molecule has 1 aromatic carbocycles. The Morgan fingerprint density at radius 2 is 1.73 bits per heavy atom. The van der Waals surface area contributed by atoms with Crippen LogP contribution in [0.2, 0.25) is 0 Å². The predicted octanol–water partition coefficient (Wildman–Crippen LogP) is 2.84. The molecule has 1 aromatic rings. The van der Waals surface area contributed by atoms with Gasteiger partial charge in [0.1, 0.15) is 0 Å². The minimum absolute atomic E-state index is 0.0233. The molecule has 0 spiro atoms. The molecule has 0 saturated carbocycles. The molecule has 0 aromatic heterocycles. The standard InChI is InChI=1S/C18H26N2O2/c1-18(2,3)13-16(21)20-11-9-15(10-12-20)19-17(22)14-7-5-4-6-8-14/h4-8,15H,9-13H2,1-3H3,(H,19,22). The third-order valence-corrected chi connectivity index (χ3v) is 3.90. The lowest BCUT2D eigenvalue weighted by atomic mass is 9.91. The van der Waals surface area contributed by atoms with Crippen LogP contribution in [0, 0.1) is 5.41 Å². The first-order valence-electron chi connectivity index (χ1n) is 7.99. The van der Waals surface area contributed by atoms with E-state index < -0.39 is 0 Å². The van der Waals surface area contributed by atoms with Crippen molar-refractivity contribution >= 4 is 11.8 Å². The highest BCUT2D eigenvalue weighted by atomic mass is 16.2. The molecule has 1 aliphatic heterocycles. The van der Waals surface area contributed by atoms with Crippen LogP contribution in [0.5, 0.6) is 0 Å². The third kappa shape index (κ3) is 4.86. The second-order valence-corrected chi connectivity index (χ2v) is 7.23.